The second kappa shape index (κ2) is 10.2. The second-order valence-electron chi connectivity index (χ2n) is 8.14. The van der Waals surface area contributed by atoms with Gasteiger partial charge in [-0.3, -0.25) is 4.90 Å². The molecule has 0 unspecified atom stereocenters. The lowest BCUT2D eigenvalue weighted by atomic mass is 10.1. The number of halogens is 4. The third kappa shape index (κ3) is 7.16. The van der Waals surface area contributed by atoms with Crippen LogP contribution in [0.3, 0.4) is 0 Å². The van der Waals surface area contributed by atoms with Gasteiger partial charge in [-0.15, -0.1) is 13.2 Å². The number of nitrogens with zero attached hydrogens (tertiary/aromatic N) is 2. The van der Waals surface area contributed by atoms with Gasteiger partial charge in [-0.2, -0.15) is 0 Å². The lowest BCUT2D eigenvalue weighted by molar-refractivity contribution is -0.275. The molecule has 0 radical (unpaired) electrons. The van der Waals surface area contributed by atoms with Crippen LogP contribution in [0.1, 0.15) is 43.6 Å². The minimum absolute atomic E-state index is 0.0367. The molecule has 1 heterocycles. The Hall–Kier alpha value is -2.21. The molecule has 32 heavy (non-hydrogen) atoms. The van der Waals surface area contributed by atoms with Crippen LogP contribution in [-0.4, -0.2) is 66.6 Å². The molecule has 8 nitrogen and oxygen atoms in total. The summed E-state index contributed by atoms with van der Waals surface area (Å²) < 4.78 is 53.6. The second-order valence-corrected chi connectivity index (χ2v) is 8.93. The molecule has 180 valence electrons. The minimum atomic E-state index is -4.97. The summed E-state index contributed by atoms with van der Waals surface area (Å²) in [4.78, 5) is 27.7. The quantitative estimate of drug-likeness (QED) is 0.455. The number of carbonyl (C=O) groups excluding carboxylic acids is 2. The van der Waals surface area contributed by atoms with Crippen LogP contribution >= 0.6 is 15.9 Å². The van der Waals surface area contributed by atoms with Gasteiger partial charge in [0.05, 0.1) is 17.9 Å². The fourth-order valence-corrected chi connectivity index (χ4v) is 3.60. The van der Waals surface area contributed by atoms with Crippen LogP contribution in [-0.2, 0) is 16.0 Å². The first kappa shape index (κ1) is 26.0. The maximum atomic E-state index is 13.0. The van der Waals surface area contributed by atoms with Crippen molar-refractivity contribution in [2.24, 2.45) is 0 Å². The smallest absolute Gasteiger partial charge is 0.462 e. The maximum Gasteiger partial charge on any atom is 0.573 e. The first-order valence-corrected chi connectivity index (χ1v) is 10.7. The van der Waals surface area contributed by atoms with Crippen LogP contribution in [0, 0.1) is 0 Å². The molecule has 0 spiro atoms. The van der Waals surface area contributed by atoms with E-state index in [4.69, 9.17) is 15.2 Å². The van der Waals surface area contributed by atoms with E-state index in [1.165, 1.54) is 0 Å². The van der Waals surface area contributed by atoms with E-state index in [0.29, 0.717) is 26.2 Å². The molecule has 1 amide bonds. The van der Waals surface area contributed by atoms with Crippen molar-refractivity contribution >= 4 is 33.7 Å². The Bertz CT molecular complexity index is 850. The average Bonchev–Trinajstić information content (AvgIpc) is 2.65. The van der Waals surface area contributed by atoms with E-state index in [-0.39, 0.29) is 34.4 Å². The first-order valence-electron chi connectivity index (χ1n) is 9.95. The number of carbonyl (C=O) groups is 2. The molecular formula is C20H27BrF3N3O5. The van der Waals surface area contributed by atoms with Gasteiger partial charge >= 0.3 is 18.4 Å². The number of amides is 1. The van der Waals surface area contributed by atoms with Crippen molar-refractivity contribution in [3.63, 3.8) is 0 Å². The van der Waals surface area contributed by atoms with E-state index >= 15 is 0 Å². The van der Waals surface area contributed by atoms with Crippen molar-refractivity contribution in [1.29, 1.82) is 0 Å². The van der Waals surface area contributed by atoms with Crippen molar-refractivity contribution in [2.45, 2.75) is 46.2 Å². The Morgan fingerprint density at radius 1 is 1.16 bits per heavy atom. The number of nitrogens with two attached hydrogens (primary N) is 1. The fourth-order valence-electron chi connectivity index (χ4n) is 3.06. The summed E-state index contributed by atoms with van der Waals surface area (Å²) in [5, 5.41) is 0. The van der Waals surface area contributed by atoms with Crippen LogP contribution < -0.4 is 10.5 Å². The molecule has 0 aromatic heterocycles. The van der Waals surface area contributed by atoms with E-state index in [0.717, 1.165) is 6.07 Å². The van der Waals surface area contributed by atoms with Gasteiger partial charge in [0.2, 0.25) is 0 Å². The SMILES string of the molecule is CCOC(=O)c1cc(OC(F)(F)F)c(CN2CCN(C(=O)OC(C)(C)C)CC2)c(Br)c1N. The van der Waals surface area contributed by atoms with Crippen LogP contribution in [0.5, 0.6) is 5.75 Å². The van der Waals surface area contributed by atoms with Crippen LogP contribution in [0.4, 0.5) is 23.7 Å². The maximum absolute atomic E-state index is 13.0. The van der Waals surface area contributed by atoms with E-state index in [2.05, 4.69) is 20.7 Å². The fraction of sp³-hybridized carbons (Fsp3) is 0.600. The van der Waals surface area contributed by atoms with Crippen LogP contribution in [0.15, 0.2) is 10.5 Å². The Morgan fingerprint density at radius 3 is 2.25 bits per heavy atom. The predicted molar refractivity (Wildman–Crippen MR) is 114 cm³/mol. The average molecular weight is 526 g/mol. The van der Waals surface area contributed by atoms with Gasteiger partial charge in [-0.05, 0) is 49.7 Å². The zero-order chi connectivity index (χ0) is 24.3. The summed E-state index contributed by atoms with van der Waals surface area (Å²) in [6.45, 7) is 8.46. The Labute approximate surface area is 192 Å². The van der Waals surface area contributed by atoms with Crippen molar-refractivity contribution in [2.75, 3.05) is 38.5 Å². The van der Waals surface area contributed by atoms with E-state index in [9.17, 15) is 22.8 Å². The number of hydrogen-bond donors (Lipinski definition) is 1. The highest BCUT2D eigenvalue weighted by molar-refractivity contribution is 9.10. The largest absolute Gasteiger partial charge is 0.573 e. The molecule has 2 N–H and O–H groups in total. The number of benzene rings is 1. The number of piperazine rings is 1. The number of hydrogen-bond acceptors (Lipinski definition) is 7. The van der Waals surface area contributed by atoms with Gasteiger partial charge in [-0.25, -0.2) is 9.59 Å². The molecule has 0 bridgehead atoms. The molecule has 1 aliphatic heterocycles. The van der Waals surface area contributed by atoms with E-state index in [1.807, 2.05) is 4.90 Å². The normalized spacial score (nSPS) is 15.4. The third-order valence-corrected chi connectivity index (χ3v) is 5.40. The minimum Gasteiger partial charge on any atom is -0.462 e. The van der Waals surface area contributed by atoms with Gasteiger partial charge in [0.25, 0.3) is 0 Å². The summed E-state index contributed by atoms with van der Waals surface area (Å²) in [7, 11) is 0. The molecular weight excluding hydrogens is 499 g/mol. The highest BCUT2D eigenvalue weighted by Crippen LogP contribution is 2.39. The monoisotopic (exact) mass is 525 g/mol. The molecule has 1 saturated heterocycles. The van der Waals surface area contributed by atoms with Crippen molar-refractivity contribution in [1.82, 2.24) is 9.80 Å². The lowest BCUT2D eigenvalue weighted by Gasteiger charge is -2.36. The predicted octanol–water partition coefficient (Wildman–Crippen LogP) is 4.16. The standard InChI is InChI=1S/C20H27BrF3N3O5/c1-5-30-17(28)12-10-14(31-20(22,23)24)13(15(21)16(12)25)11-26-6-8-27(9-7-26)18(29)32-19(2,3)4/h10H,5-9,11,25H2,1-4H3. The summed E-state index contributed by atoms with van der Waals surface area (Å²) in [5.74, 6) is -1.40. The molecule has 0 atom stereocenters. The number of alkyl halides is 3. The van der Waals surface area contributed by atoms with Gasteiger partial charge in [0, 0.05) is 42.8 Å². The van der Waals surface area contributed by atoms with Crippen molar-refractivity contribution in [3.8, 4) is 5.75 Å². The number of nitrogen functional groups attached to an aromatic ring is 1. The van der Waals surface area contributed by atoms with Crippen molar-refractivity contribution in [3.05, 3.63) is 21.7 Å². The highest BCUT2D eigenvalue weighted by atomic mass is 79.9. The number of rotatable bonds is 5. The number of anilines is 1. The third-order valence-electron chi connectivity index (χ3n) is 4.49. The molecule has 1 fully saturated rings. The Kier molecular flexibility index (Phi) is 8.27. The highest BCUT2D eigenvalue weighted by Gasteiger charge is 2.35. The molecule has 1 aromatic carbocycles. The van der Waals surface area contributed by atoms with E-state index in [1.54, 1.807) is 32.6 Å². The van der Waals surface area contributed by atoms with Crippen LogP contribution in [0.2, 0.25) is 0 Å². The Morgan fingerprint density at radius 2 is 1.75 bits per heavy atom. The van der Waals surface area contributed by atoms with E-state index < -0.39 is 29.8 Å². The molecule has 0 aliphatic carbocycles. The van der Waals surface area contributed by atoms with Gasteiger partial charge in [0.1, 0.15) is 11.4 Å². The lowest BCUT2D eigenvalue weighted by Crippen LogP contribution is -2.49. The topological polar surface area (TPSA) is 94.3 Å². The van der Waals surface area contributed by atoms with Crippen LogP contribution in [0.25, 0.3) is 0 Å². The summed E-state index contributed by atoms with van der Waals surface area (Å²) >= 11 is 3.21. The van der Waals surface area contributed by atoms with Gasteiger partial charge in [0.15, 0.2) is 0 Å². The first-order chi connectivity index (χ1) is 14.7. The number of ether oxygens (including phenoxy) is 3. The molecule has 12 heteroatoms. The van der Waals surface area contributed by atoms with Gasteiger partial charge in [-0.1, -0.05) is 0 Å². The van der Waals surface area contributed by atoms with Gasteiger partial charge < -0.3 is 24.8 Å². The zero-order valence-electron chi connectivity index (χ0n) is 18.3. The summed E-state index contributed by atoms with van der Waals surface area (Å²) in [6.07, 6.45) is -5.41. The Balaban J connectivity index is 2.23. The molecule has 1 aromatic rings. The van der Waals surface area contributed by atoms with Crippen molar-refractivity contribution < 1.29 is 37.0 Å². The summed E-state index contributed by atoms with van der Waals surface area (Å²) in [5.41, 5.74) is 5.25. The molecule has 0 saturated carbocycles. The molecule has 2 rings (SSSR count). The molecule has 1 aliphatic rings. The zero-order valence-corrected chi connectivity index (χ0v) is 19.9. The number of esters is 1. The summed E-state index contributed by atoms with van der Waals surface area (Å²) in [6, 6.07) is 0.942.